The summed E-state index contributed by atoms with van der Waals surface area (Å²) in [6.45, 7) is 3.96. The Kier molecular flexibility index (Phi) is 3.55. The van der Waals surface area contributed by atoms with Crippen molar-refractivity contribution in [1.29, 1.82) is 0 Å². The number of alkyl halides is 2. The molecule has 1 N–H and O–H groups in total. The molecule has 3 nitrogen and oxygen atoms in total. The van der Waals surface area contributed by atoms with Crippen molar-refractivity contribution in [3.8, 4) is 5.75 Å². The topological polar surface area (TPSA) is 46.5 Å². The van der Waals surface area contributed by atoms with E-state index in [0.717, 1.165) is 5.56 Å². The van der Waals surface area contributed by atoms with E-state index in [1.807, 2.05) is 19.9 Å². The van der Waals surface area contributed by atoms with Gasteiger partial charge in [-0.15, -0.1) is 0 Å². The summed E-state index contributed by atoms with van der Waals surface area (Å²) in [5.41, 5.74) is 1.05. The lowest BCUT2D eigenvalue weighted by molar-refractivity contribution is -0.134. The van der Waals surface area contributed by atoms with Gasteiger partial charge in [0.2, 0.25) is 0 Å². The van der Waals surface area contributed by atoms with Crippen LogP contribution in [0.5, 0.6) is 5.75 Å². The minimum absolute atomic E-state index is 0.240. The highest BCUT2D eigenvalue weighted by molar-refractivity contribution is 5.94. The first-order chi connectivity index (χ1) is 8.90. The van der Waals surface area contributed by atoms with E-state index in [9.17, 15) is 13.6 Å². The van der Waals surface area contributed by atoms with Crippen LogP contribution in [0.3, 0.4) is 0 Å². The van der Waals surface area contributed by atoms with Crippen LogP contribution in [0, 0.1) is 0 Å². The Morgan fingerprint density at radius 3 is 2.58 bits per heavy atom. The van der Waals surface area contributed by atoms with E-state index >= 15 is 0 Å². The molecule has 1 aliphatic rings. The lowest BCUT2D eigenvalue weighted by atomic mass is 9.97. The van der Waals surface area contributed by atoms with E-state index in [2.05, 4.69) is 0 Å². The van der Waals surface area contributed by atoms with Gasteiger partial charge in [0.15, 0.2) is 6.10 Å². The SMILES string of the molecule is CC(C)c1ccc2c(c1)OC(C(F)F)C(C(=O)O)=C2. The van der Waals surface area contributed by atoms with E-state index in [1.54, 1.807) is 12.1 Å². The first-order valence-corrected chi connectivity index (χ1v) is 5.93. The molecule has 0 radical (unpaired) electrons. The molecule has 1 heterocycles. The molecule has 0 saturated carbocycles. The van der Waals surface area contributed by atoms with Crippen LogP contribution in [0.1, 0.15) is 30.9 Å². The molecule has 19 heavy (non-hydrogen) atoms. The number of rotatable bonds is 3. The standard InChI is InChI=1S/C14H14F2O3/c1-7(2)8-3-4-9-5-10(14(17)18)12(13(15)16)19-11(9)6-8/h3-7,12-13H,1-2H3,(H,17,18). The molecular weight excluding hydrogens is 254 g/mol. The molecule has 1 aromatic rings. The van der Waals surface area contributed by atoms with Gasteiger partial charge in [-0.05, 0) is 23.6 Å². The fraction of sp³-hybridized carbons (Fsp3) is 0.357. The summed E-state index contributed by atoms with van der Waals surface area (Å²) in [4.78, 5) is 11.0. The van der Waals surface area contributed by atoms with E-state index in [1.165, 1.54) is 6.08 Å². The van der Waals surface area contributed by atoms with Gasteiger partial charge in [0.25, 0.3) is 6.43 Å². The fourth-order valence-corrected chi connectivity index (χ4v) is 1.95. The Hall–Kier alpha value is -1.91. The predicted molar refractivity (Wildman–Crippen MR) is 66.6 cm³/mol. The minimum atomic E-state index is -2.88. The van der Waals surface area contributed by atoms with Gasteiger partial charge in [0, 0.05) is 5.56 Å². The van der Waals surface area contributed by atoms with Crippen molar-refractivity contribution in [3.05, 3.63) is 34.9 Å². The maximum absolute atomic E-state index is 12.9. The highest BCUT2D eigenvalue weighted by Crippen LogP contribution is 2.34. The molecule has 5 heteroatoms. The fourth-order valence-electron chi connectivity index (χ4n) is 1.95. The largest absolute Gasteiger partial charge is 0.479 e. The molecule has 2 rings (SSSR count). The van der Waals surface area contributed by atoms with Gasteiger partial charge in [0.05, 0.1) is 5.57 Å². The number of aliphatic carboxylic acids is 1. The van der Waals surface area contributed by atoms with Crippen molar-refractivity contribution in [3.63, 3.8) is 0 Å². The molecule has 1 atom stereocenters. The lowest BCUT2D eigenvalue weighted by Gasteiger charge is -2.25. The number of hydrogen-bond donors (Lipinski definition) is 1. The van der Waals surface area contributed by atoms with Gasteiger partial charge < -0.3 is 9.84 Å². The summed E-state index contributed by atoms with van der Waals surface area (Å²) in [7, 11) is 0. The number of hydrogen-bond acceptors (Lipinski definition) is 2. The van der Waals surface area contributed by atoms with E-state index in [0.29, 0.717) is 11.3 Å². The highest BCUT2D eigenvalue weighted by Gasteiger charge is 2.34. The molecule has 0 aromatic heterocycles. The number of fused-ring (bicyclic) bond motifs is 1. The Balaban J connectivity index is 2.47. The summed E-state index contributed by atoms with van der Waals surface area (Å²) in [6, 6.07) is 5.21. The van der Waals surface area contributed by atoms with Crippen molar-refractivity contribution >= 4 is 12.0 Å². The molecule has 0 aliphatic carbocycles. The molecule has 0 bridgehead atoms. The third-order valence-electron chi connectivity index (χ3n) is 3.05. The van der Waals surface area contributed by atoms with Crippen LogP contribution < -0.4 is 4.74 Å². The Bertz CT molecular complexity index is 535. The summed E-state index contributed by atoms with van der Waals surface area (Å²) in [6.07, 6.45) is -3.34. The molecule has 102 valence electrons. The number of benzene rings is 1. The second kappa shape index (κ2) is 4.99. The second-order valence-corrected chi connectivity index (χ2v) is 4.73. The van der Waals surface area contributed by atoms with Crippen molar-refractivity contribution in [2.24, 2.45) is 0 Å². The van der Waals surface area contributed by atoms with Crippen molar-refractivity contribution in [1.82, 2.24) is 0 Å². The minimum Gasteiger partial charge on any atom is -0.479 e. The number of ether oxygens (including phenoxy) is 1. The second-order valence-electron chi connectivity index (χ2n) is 4.73. The molecular formula is C14H14F2O3. The number of carboxylic acid groups (broad SMARTS) is 1. The van der Waals surface area contributed by atoms with E-state index in [-0.39, 0.29) is 5.92 Å². The van der Waals surface area contributed by atoms with Crippen LogP contribution in [0.2, 0.25) is 0 Å². The Labute approximate surface area is 109 Å². The monoisotopic (exact) mass is 268 g/mol. The van der Waals surface area contributed by atoms with Gasteiger partial charge in [-0.2, -0.15) is 0 Å². The highest BCUT2D eigenvalue weighted by atomic mass is 19.3. The van der Waals surface area contributed by atoms with Crippen LogP contribution in [-0.4, -0.2) is 23.6 Å². The first-order valence-electron chi connectivity index (χ1n) is 5.93. The third-order valence-corrected chi connectivity index (χ3v) is 3.05. The van der Waals surface area contributed by atoms with Crippen LogP contribution in [0.25, 0.3) is 6.08 Å². The molecule has 0 saturated heterocycles. The van der Waals surface area contributed by atoms with E-state index < -0.39 is 24.1 Å². The molecule has 1 aliphatic heterocycles. The van der Waals surface area contributed by atoms with Gasteiger partial charge >= 0.3 is 5.97 Å². The third kappa shape index (κ3) is 2.59. The summed E-state index contributed by atoms with van der Waals surface area (Å²) in [5.74, 6) is -0.839. The van der Waals surface area contributed by atoms with Gasteiger partial charge in [-0.1, -0.05) is 26.0 Å². The average Bonchev–Trinajstić information content (AvgIpc) is 2.36. The van der Waals surface area contributed by atoms with Gasteiger partial charge in [-0.3, -0.25) is 0 Å². The van der Waals surface area contributed by atoms with Crippen LogP contribution >= 0.6 is 0 Å². The van der Waals surface area contributed by atoms with E-state index in [4.69, 9.17) is 9.84 Å². The quantitative estimate of drug-likeness (QED) is 0.914. The molecule has 1 unspecified atom stereocenters. The maximum atomic E-state index is 12.9. The van der Waals surface area contributed by atoms with Gasteiger partial charge in [0.1, 0.15) is 5.75 Å². The normalized spacial score (nSPS) is 18.0. The zero-order valence-electron chi connectivity index (χ0n) is 10.6. The van der Waals surface area contributed by atoms with Crippen LogP contribution in [0.4, 0.5) is 8.78 Å². The zero-order valence-corrected chi connectivity index (χ0v) is 10.6. The smallest absolute Gasteiger partial charge is 0.335 e. The summed E-state index contributed by atoms with van der Waals surface area (Å²) >= 11 is 0. The first kappa shape index (κ1) is 13.5. The predicted octanol–water partition coefficient (Wildman–Crippen LogP) is 3.30. The van der Waals surface area contributed by atoms with Crippen molar-refractivity contribution in [2.45, 2.75) is 32.3 Å². The molecule has 0 fully saturated rings. The van der Waals surface area contributed by atoms with Crippen molar-refractivity contribution < 1.29 is 23.4 Å². The number of carbonyl (C=O) groups is 1. The average molecular weight is 268 g/mol. The molecule has 0 spiro atoms. The summed E-state index contributed by atoms with van der Waals surface area (Å²) < 4.78 is 30.9. The molecule has 0 amide bonds. The van der Waals surface area contributed by atoms with Crippen LogP contribution in [-0.2, 0) is 4.79 Å². The number of carboxylic acids is 1. The number of halogens is 2. The Morgan fingerprint density at radius 1 is 1.37 bits per heavy atom. The lowest BCUT2D eigenvalue weighted by Crippen LogP contribution is -2.33. The zero-order chi connectivity index (χ0) is 14.2. The van der Waals surface area contributed by atoms with Gasteiger partial charge in [-0.25, -0.2) is 13.6 Å². The Morgan fingerprint density at radius 2 is 2.05 bits per heavy atom. The van der Waals surface area contributed by atoms with Crippen molar-refractivity contribution in [2.75, 3.05) is 0 Å². The maximum Gasteiger partial charge on any atom is 0.335 e. The van der Waals surface area contributed by atoms with Crippen LogP contribution in [0.15, 0.2) is 23.8 Å². The summed E-state index contributed by atoms with van der Waals surface area (Å²) in [5, 5.41) is 8.94. The molecule has 1 aromatic carbocycles.